The lowest BCUT2D eigenvalue weighted by molar-refractivity contribution is -0.122. The lowest BCUT2D eigenvalue weighted by Gasteiger charge is -2.31. The number of aliphatic hydroxyl groups excluding tert-OH is 1. The fraction of sp³-hybridized carbons (Fsp3) is 0.375. The number of hydrogen-bond donors (Lipinski definition) is 1. The summed E-state index contributed by atoms with van der Waals surface area (Å²) in [5, 5.41) is 11.0. The van der Waals surface area contributed by atoms with E-state index in [1.165, 1.54) is 6.42 Å². The van der Waals surface area contributed by atoms with Gasteiger partial charge in [0.25, 0.3) is 0 Å². The van der Waals surface area contributed by atoms with Crippen LogP contribution in [0.25, 0.3) is 0 Å². The number of carbonyl (C=O) groups excluding carboxylic acids is 1. The molecule has 2 aromatic rings. The minimum atomic E-state index is -0.618. The second-order valence-corrected chi connectivity index (χ2v) is 7.17. The topological polar surface area (TPSA) is 37.3 Å². The van der Waals surface area contributed by atoms with E-state index in [0.29, 0.717) is 6.42 Å². The van der Waals surface area contributed by atoms with Crippen LogP contribution in [-0.2, 0) is 11.2 Å². The van der Waals surface area contributed by atoms with Gasteiger partial charge in [0.15, 0.2) is 0 Å². The van der Waals surface area contributed by atoms with Crippen LogP contribution in [0.3, 0.4) is 0 Å². The first-order valence-corrected chi connectivity index (χ1v) is 9.57. The first kappa shape index (κ1) is 18.4. The van der Waals surface area contributed by atoms with Crippen molar-refractivity contribution in [3.63, 3.8) is 0 Å². The van der Waals surface area contributed by atoms with Crippen molar-refractivity contribution in [2.75, 3.05) is 0 Å². The molecule has 0 radical (unpaired) electrons. The molecule has 0 spiro atoms. The highest BCUT2D eigenvalue weighted by Gasteiger charge is 2.32. The molecular weight excluding hydrogens is 320 g/mol. The van der Waals surface area contributed by atoms with Crippen molar-refractivity contribution in [1.82, 2.24) is 0 Å². The van der Waals surface area contributed by atoms with Crippen LogP contribution >= 0.6 is 0 Å². The quantitative estimate of drug-likeness (QED) is 0.815. The third kappa shape index (κ3) is 5.07. The summed E-state index contributed by atoms with van der Waals surface area (Å²) in [4.78, 5) is 12.9. The molecule has 0 amide bonds. The summed E-state index contributed by atoms with van der Waals surface area (Å²) in [6.45, 7) is 0. The van der Waals surface area contributed by atoms with E-state index >= 15 is 0 Å². The Hall–Kier alpha value is -2.37. The van der Waals surface area contributed by atoms with E-state index in [1.54, 1.807) is 0 Å². The van der Waals surface area contributed by atoms with E-state index in [1.807, 2.05) is 60.7 Å². The molecule has 0 aliphatic heterocycles. The van der Waals surface area contributed by atoms with Crippen LogP contribution in [0.2, 0.25) is 0 Å². The molecule has 1 aliphatic rings. The van der Waals surface area contributed by atoms with E-state index in [-0.39, 0.29) is 11.7 Å². The smallest absolute Gasteiger partial charge is 0.211 e. The van der Waals surface area contributed by atoms with Crippen LogP contribution in [0.15, 0.2) is 60.7 Å². The molecule has 2 aromatic carbocycles. The maximum Gasteiger partial charge on any atom is 0.211 e. The summed E-state index contributed by atoms with van der Waals surface area (Å²) in [6, 6.07) is 19.5. The Kier molecular flexibility index (Phi) is 6.63. The Morgan fingerprint density at radius 2 is 1.58 bits per heavy atom. The summed E-state index contributed by atoms with van der Waals surface area (Å²) in [6.07, 6.45) is 5.45. The van der Waals surface area contributed by atoms with E-state index in [4.69, 9.17) is 0 Å². The summed E-state index contributed by atoms with van der Waals surface area (Å²) < 4.78 is 0. The van der Waals surface area contributed by atoms with E-state index < -0.39 is 12.0 Å². The van der Waals surface area contributed by atoms with Gasteiger partial charge in [0, 0.05) is 5.56 Å². The standard InChI is InChI=1S/C24H26O2/c25-23(17-16-19-10-4-1-5-11-19)22(18-20-12-6-2-7-13-20)24(26)21-14-8-3-9-15-21/h1-2,4-7,10-13,21-22,24,26H,3,8-9,14-15,18H2/t22-,24-/m0/s1. The maximum atomic E-state index is 12.9. The SMILES string of the molecule is O=C(C#Cc1ccccc1)[C@H](Cc1ccccc1)[C@@H](O)C1CCCCC1. The minimum absolute atomic E-state index is 0.157. The average Bonchev–Trinajstić information content (AvgIpc) is 2.72. The fourth-order valence-electron chi connectivity index (χ4n) is 3.79. The summed E-state index contributed by atoms with van der Waals surface area (Å²) in [5.74, 6) is 5.34. The molecule has 2 heteroatoms. The van der Waals surface area contributed by atoms with Gasteiger partial charge in [0.05, 0.1) is 12.0 Å². The molecule has 0 saturated heterocycles. The fourth-order valence-corrected chi connectivity index (χ4v) is 3.79. The Bertz CT molecular complexity index is 749. The Morgan fingerprint density at radius 1 is 0.962 bits per heavy atom. The molecule has 1 N–H and O–H groups in total. The third-order valence-corrected chi connectivity index (χ3v) is 5.28. The molecule has 1 aliphatic carbocycles. The molecular formula is C24H26O2. The number of aliphatic hydroxyl groups is 1. The van der Waals surface area contributed by atoms with Gasteiger partial charge in [-0.25, -0.2) is 0 Å². The number of rotatable bonds is 5. The number of benzene rings is 2. The second kappa shape index (κ2) is 9.36. The largest absolute Gasteiger partial charge is 0.392 e. The van der Waals surface area contributed by atoms with Crippen molar-refractivity contribution in [3.8, 4) is 11.8 Å². The van der Waals surface area contributed by atoms with Crippen LogP contribution in [0, 0.1) is 23.7 Å². The van der Waals surface area contributed by atoms with E-state index in [2.05, 4.69) is 11.8 Å². The van der Waals surface area contributed by atoms with Gasteiger partial charge in [-0.3, -0.25) is 4.79 Å². The Morgan fingerprint density at radius 3 is 2.23 bits per heavy atom. The van der Waals surface area contributed by atoms with Crippen molar-refractivity contribution in [1.29, 1.82) is 0 Å². The number of hydrogen-bond acceptors (Lipinski definition) is 2. The van der Waals surface area contributed by atoms with Crippen LogP contribution in [-0.4, -0.2) is 17.0 Å². The predicted molar refractivity (Wildman–Crippen MR) is 105 cm³/mol. The van der Waals surface area contributed by atoms with Gasteiger partial charge < -0.3 is 5.11 Å². The molecule has 134 valence electrons. The molecule has 3 rings (SSSR count). The van der Waals surface area contributed by atoms with Crippen molar-refractivity contribution in [2.24, 2.45) is 11.8 Å². The monoisotopic (exact) mass is 346 g/mol. The summed E-state index contributed by atoms with van der Waals surface area (Å²) >= 11 is 0. The normalized spacial score (nSPS) is 17.0. The van der Waals surface area contributed by atoms with Gasteiger partial charge in [-0.05, 0) is 48.8 Å². The van der Waals surface area contributed by atoms with Crippen molar-refractivity contribution < 1.29 is 9.90 Å². The molecule has 0 unspecified atom stereocenters. The number of Topliss-reactive ketones (excluding diaryl/α,β-unsaturated/α-hetero) is 1. The molecule has 1 fully saturated rings. The summed E-state index contributed by atoms with van der Waals surface area (Å²) in [5.41, 5.74) is 1.90. The van der Waals surface area contributed by atoms with Crippen molar-refractivity contribution in [2.45, 2.75) is 44.6 Å². The molecule has 26 heavy (non-hydrogen) atoms. The van der Waals surface area contributed by atoms with Crippen LogP contribution in [0.1, 0.15) is 43.2 Å². The molecule has 0 aromatic heterocycles. The van der Waals surface area contributed by atoms with Gasteiger partial charge in [-0.2, -0.15) is 0 Å². The Labute approximate surface area is 156 Å². The molecule has 0 bridgehead atoms. The van der Waals surface area contributed by atoms with Crippen LogP contribution < -0.4 is 0 Å². The first-order chi connectivity index (χ1) is 12.7. The average molecular weight is 346 g/mol. The van der Waals surface area contributed by atoms with E-state index in [0.717, 1.165) is 36.8 Å². The highest BCUT2D eigenvalue weighted by Crippen LogP contribution is 2.31. The highest BCUT2D eigenvalue weighted by atomic mass is 16.3. The zero-order chi connectivity index (χ0) is 18.2. The molecule has 0 heterocycles. The lowest BCUT2D eigenvalue weighted by Crippen LogP contribution is -2.36. The van der Waals surface area contributed by atoms with Gasteiger partial charge >= 0.3 is 0 Å². The van der Waals surface area contributed by atoms with Crippen LogP contribution in [0.4, 0.5) is 0 Å². The number of carbonyl (C=O) groups is 1. The van der Waals surface area contributed by atoms with Crippen molar-refractivity contribution in [3.05, 3.63) is 71.8 Å². The maximum absolute atomic E-state index is 12.9. The Balaban J connectivity index is 1.79. The van der Waals surface area contributed by atoms with Crippen molar-refractivity contribution >= 4 is 5.78 Å². The zero-order valence-corrected chi connectivity index (χ0v) is 15.1. The summed E-state index contributed by atoms with van der Waals surface area (Å²) in [7, 11) is 0. The van der Waals surface area contributed by atoms with Gasteiger partial charge in [-0.15, -0.1) is 0 Å². The van der Waals surface area contributed by atoms with Gasteiger partial charge in [-0.1, -0.05) is 73.7 Å². The van der Waals surface area contributed by atoms with Gasteiger partial charge in [0.2, 0.25) is 5.78 Å². The first-order valence-electron chi connectivity index (χ1n) is 9.57. The third-order valence-electron chi connectivity index (χ3n) is 5.28. The van der Waals surface area contributed by atoms with Gasteiger partial charge in [0.1, 0.15) is 0 Å². The minimum Gasteiger partial charge on any atom is -0.392 e. The molecule has 2 atom stereocenters. The van der Waals surface area contributed by atoms with Crippen LogP contribution in [0.5, 0.6) is 0 Å². The zero-order valence-electron chi connectivity index (χ0n) is 15.1. The second-order valence-electron chi connectivity index (χ2n) is 7.17. The lowest BCUT2D eigenvalue weighted by atomic mass is 9.77. The molecule has 2 nitrogen and oxygen atoms in total. The molecule has 1 saturated carbocycles. The highest BCUT2D eigenvalue weighted by molar-refractivity contribution is 5.98. The number of ketones is 1. The predicted octanol–water partition coefficient (Wildman–Crippen LogP) is 4.41. The van der Waals surface area contributed by atoms with E-state index in [9.17, 15) is 9.90 Å².